The third-order valence-electron chi connectivity index (χ3n) is 8.97. The van der Waals surface area contributed by atoms with Gasteiger partial charge in [0, 0.05) is 13.0 Å². The molecule has 2 heterocycles. The number of carbonyl (C=O) groups excluding carboxylic acids is 1. The lowest BCUT2D eigenvalue weighted by Crippen LogP contribution is -2.43. The minimum atomic E-state index is -4.26. The van der Waals surface area contributed by atoms with Gasteiger partial charge in [0.15, 0.2) is 5.54 Å². The van der Waals surface area contributed by atoms with Gasteiger partial charge >= 0.3 is 6.18 Å². The summed E-state index contributed by atoms with van der Waals surface area (Å²) >= 11 is 0. The van der Waals surface area contributed by atoms with Crippen LogP contribution >= 0.6 is 0 Å². The van der Waals surface area contributed by atoms with Crippen LogP contribution in [0.5, 0.6) is 0 Å². The maximum Gasteiger partial charge on any atom is 0.397 e. The quantitative estimate of drug-likeness (QED) is 0.303. The summed E-state index contributed by atoms with van der Waals surface area (Å²) in [4.78, 5) is 23.0. The molecule has 1 aliphatic carbocycles. The minimum Gasteiger partial charge on any atom is -0.303 e. The Morgan fingerprint density at radius 1 is 0.929 bits per heavy atom. The van der Waals surface area contributed by atoms with E-state index in [4.69, 9.17) is 4.99 Å². The highest BCUT2D eigenvalue weighted by molar-refractivity contribution is 6.10. The molecule has 42 heavy (non-hydrogen) atoms. The van der Waals surface area contributed by atoms with Gasteiger partial charge in [-0.25, -0.2) is 13.8 Å². The summed E-state index contributed by atoms with van der Waals surface area (Å²) in [5.74, 6) is -0.197. The molecule has 9 heteroatoms. The van der Waals surface area contributed by atoms with Crippen molar-refractivity contribution in [1.29, 1.82) is 0 Å². The molecule has 2 aromatic carbocycles. The highest BCUT2D eigenvalue weighted by Gasteiger charge is 2.51. The second kappa shape index (κ2) is 11.7. The number of likely N-dealkylation sites (tertiary alicyclic amines) is 1. The van der Waals surface area contributed by atoms with Gasteiger partial charge in [0.05, 0.1) is 5.41 Å². The molecule has 0 spiro atoms. The number of aliphatic imine (C=N–C) groups is 1. The Kier molecular flexibility index (Phi) is 8.43. The van der Waals surface area contributed by atoms with E-state index in [0.717, 1.165) is 38.0 Å². The van der Waals surface area contributed by atoms with Gasteiger partial charge < -0.3 is 4.90 Å². The smallest absolute Gasteiger partial charge is 0.303 e. The maximum absolute atomic E-state index is 14.1. The molecule has 5 rings (SSSR count). The van der Waals surface area contributed by atoms with E-state index in [2.05, 4.69) is 4.90 Å². The number of benzene rings is 2. The van der Waals surface area contributed by atoms with Gasteiger partial charge in [0.2, 0.25) is 0 Å². The molecular formula is C33H36F5N3O. The summed E-state index contributed by atoms with van der Waals surface area (Å²) in [5.41, 5.74) is -1.15. The van der Waals surface area contributed by atoms with Crippen LogP contribution in [0.2, 0.25) is 0 Å². The predicted octanol–water partition coefficient (Wildman–Crippen LogP) is 7.42. The molecule has 3 aliphatic rings. The lowest BCUT2D eigenvalue weighted by Gasteiger charge is -2.36. The lowest BCUT2D eigenvalue weighted by atomic mass is 9.77. The first-order chi connectivity index (χ1) is 20.0. The first-order valence-corrected chi connectivity index (χ1v) is 14.6. The highest BCUT2D eigenvalue weighted by atomic mass is 19.4. The molecule has 0 N–H and O–H groups in total. The van der Waals surface area contributed by atoms with Gasteiger partial charge in [0.1, 0.15) is 17.5 Å². The van der Waals surface area contributed by atoms with Crippen molar-refractivity contribution in [3.05, 3.63) is 95.1 Å². The van der Waals surface area contributed by atoms with Crippen LogP contribution in [0.3, 0.4) is 0 Å². The lowest BCUT2D eigenvalue weighted by molar-refractivity contribution is -0.199. The number of halogens is 5. The molecule has 1 fully saturated rings. The van der Waals surface area contributed by atoms with E-state index in [9.17, 15) is 26.7 Å². The van der Waals surface area contributed by atoms with Crippen molar-refractivity contribution in [2.75, 3.05) is 26.2 Å². The molecule has 0 bridgehead atoms. The standard InChI is InChI=1S/C33H36F5N3O/c1-3-29-39-32(25-5-9-27(34)10-6-25,26-7-11-28(35)12-8-26)30(42)41(29)20-4-19-40-21-15-24(16-22-40)23-13-17-31(2,18-14-23)33(36,37)38/h5-14,17,24H,3-4,15-16,18-22H2,1-2H3/t31-/m0/s1. The van der Waals surface area contributed by atoms with Crippen LogP contribution in [0.25, 0.3) is 0 Å². The molecule has 4 nitrogen and oxygen atoms in total. The van der Waals surface area contributed by atoms with Crippen molar-refractivity contribution in [2.45, 2.75) is 57.7 Å². The number of amidine groups is 1. The van der Waals surface area contributed by atoms with Crippen molar-refractivity contribution in [3.63, 3.8) is 0 Å². The Labute approximate surface area is 243 Å². The second-order valence-electron chi connectivity index (χ2n) is 11.7. The molecule has 1 atom stereocenters. The van der Waals surface area contributed by atoms with E-state index in [-0.39, 0.29) is 18.2 Å². The molecule has 2 aliphatic heterocycles. The maximum atomic E-state index is 14.1. The summed E-state index contributed by atoms with van der Waals surface area (Å²) < 4.78 is 67.6. The van der Waals surface area contributed by atoms with Gasteiger partial charge in [-0.3, -0.25) is 9.69 Å². The SMILES string of the molecule is CCC1=NC(c2ccc(F)cc2)(c2ccc(F)cc2)C(=O)N1CCCN1CCC(C2=CC[C@@](C)(C(F)(F)F)C=C2)CC1. The van der Waals surface area contributed by atoms with Crippen molar-refractivity contribution in [2.24, 2.45) is 16.3 Å². The molecule has 2 aromatic rings. The van der Waals surface area contributed by atoms with Crippen LogP contribution in [-0.4, -0.2) is 53.9 Å². The number of piperidine rings is 1. The van der Waals surface area contributed by atoms with Gasteiger partial charge in [-0.2, -0.15) is 13.2 Å². The normalized spacial score (nSPS) is 23.3. The molecule has 0 radical (unpaired) electrons. The Morgan fingerprint density at radius 2 is 1.50 bits per heavy atom. The van der Waals surface area contributed by atoms with E-state index in [1.54, 1.807) is 41.3 Å². The number of hydrogen-bond acceptors (Lipinski definition) is 3. The Balaban J connectivity index is 1.22. The average molecular weight is 586 g/mol. The van der Waals surface area contributed by atoms with E-state index in [1.165, 1.54) is 37.3 Å². The number of nitrogens with zero attached hydrogens (tertiary/aromatic N) is 3. The zero-order valence-electron chi connectivity index (χ0n) is 23.9. The molecule has 1 saturated heterocycles. The van der Waals surface area contributed by atoms with Crippen LogP contribution in [0, 0.1) is 23.0 Å². The Morgan fingerprint density at radius 3 is 1.98 bits per heavy atom. The molecule has 1 amide bonds. The van der Waals surface area contributed by atoms with Gasteiger partial charge in [-0.05, 0) is 99.1 Å². The van der Waals surface area contributed by atoms with Crippen LogP contribution in [0.15, 0.2) is 77.3 Å². The third-order valence-corrected chi connectivity index (χ3v) is 8.97. The highest BCUT2D eigenvalue weighted by Crippen LogP contribution is 2.46. The summed E-state index contributed by atoms with van der Waals surface area (Å²) in [5, 5.41) is 0. The van der Waals surface area contributed by atoms with Crippen molar-refractivity contribution < 1.29 is 26.7 Å². The summed E-state index contributed by atoms with van der Waals surface area (Å²) in [7, 11) is 0. The van der Waals surface area contributed by atoms with Crippen LogP contribution in [0.1, 0.15) is 57.1 Å². The summed E-state index contributed by atoms with van der Waals surface area (Å²) in [6.45, 7) is 6.08. The Hall–Kier alpha value is -3.33. The van der Waals surface area contributed by atoms with Crippen molar-refractivity contribution in [3.8, 4) is 0 Å². The number of hydrogen-bond donors (Lipinski definition) is 0. The zero-order valence-corrected chi connectivity index (χ0v) is 23.9. The predicted molar refractivity (Wildman–Crippen MR) is 153 cm³/mol. The molecule has 0 saturated carbocycles. The number of rotatable bonds is 8. The zero-order chi connectivity index (χ0) is 30.1. The number of carbonyl (C=O) groups is 1. The van der Waals surface area contributed by atoms with E-state index >= 15 is 0 Å². The number of amides is 1. The fourth-order valence-corrected chi connectivity index (χ4v) is 6.24. The monoisotopic (exact) mass is 585 g/mol. The van der Waals surface area contributed by atoms with Gasteiger partial charge in [-0.15, -0.1) is 0 Å². The van der Waals surface area contributed by atoms with Crippen LogP contribution in [-0.2, 0) is 10.3 Å². The molecular weight excluding hydrogens is 549 g/mol. The second-order valence-corrected chi connectivity index (χ2v) is 11.7. The summed E-state index contributed by atoms with van der Waals surface area (Å²) in [6, 6.07) is 11.4. The number of allylic oxidation sites excluding steroid dienone is 4. The van der Waals surface area contributed by atoms with E-state index in [0.29, 0.717) is 36.3 Å². The first-order valence-electron chi connectivity index (χ1n) is 14.6. The van der Waals surface area contributed by atoms with Gasteiger partial charge in [-0.1, -0.05) is 49.4 Å². The third kappa shape index (κ3) is 5.68. The summed E-state index contributed by atoms with van der Waals surface area (Å²) in [6.07, 6.45) is 3.44. The minimum absolute atomic E-state index is 0.0228. The van der Waals surface area contributed by atoms with Crippen molar-refractivity contribution in [1.82, 2.24) is 9.80 Å². The molecule has 224 valence electrons. The Bertz CT molecular complexity index is 1330. The fraction of sp³-hybridized carbons (Fsp3) is 0.455. The largest absolute Gasteiger partial charge is 0.397 e. The van der Waals surface area contributed by atoms with Gasteiger partial charge in [0.25, 0.3) is 5.91 Å². The molecule has 0 aromatic heterocycles. The topological polar surface area (TPSA) is 35.9 Å². The van der Waals surface area contributed by atoms with Crippen LogP contribution in [0.4, 0.5) is 22.0 Å². The van der Waals surface area contributed by atoms with E-state index in [1.807, 2.05) is 6.92 Å². The van der Waals surface area contributed by atoms with Crippen molar-refractivity contribution >= 4 is 11.7 Å². The first kappa shape index (κ1) is 30.1. The number of alkyl halides is 3. The van der Waals surface area contributed by atoms with Crippen LogP contribution < -0.4 is 0 Å². The fourth-order valence-electron chi connectivity index (χ4n) is 6.24. The molecule has 0 unspecified atom stereocenters. The van der Waals surface area contributed by atoms with E-state index < -0.39 is 28.8 Å². The average Bonchev–Trinajstić information content (AvgIpc) is 3.26.